The van der Waals surface area contributed by atoms with Gasteiger partial charge in [-0.25, -0.2) is 4.79 Å². The van der Waals surface area contributed by atoms with Gasteiger partial charge in [-0.3, -0.25) is 9.48 Å². The molecule has 7 heteroatoms. The molecule has 4 rings (SSSR count). The second-order valence-electron chi connectivity index (χ2n) is 6.98. The number of H-pyrrole nitrogens is 1. The highest BCUT2D eigenvalue weighted by atomic mass is 16.5. The number of aryl methyl sites for hydroxylation is 1. The fourth-order valence-electron chi connectivity index (χ4n) is 3.97. The van der Waals surface area contributed by atoms with Crippen LogP contribution in [-0.4, -0.2) is 44.7 Å². The summed E-state index contributed by atoms with van der Waals surface area (Å²) in [7, 11) is 0. The van der Waals surface area contributed by atoms with Crippen LogP contribution in [0.3, 0.4) is 0 Å². The number of amides is 1. The maximum Gasteiger partial charge on any atom is 0.358 e. The molecule has 1 aliphatic heterocycles. The van der Waals surface area contributed by atoms with E-state index in [1.54, 1.807) is 17.7 Å². The Bertz CT molecular complexity index is 865. The van der Waals surface area contributed by atoms with Crippen LogP contribution in [0.1, 0.15) is 63.3 Å². The number of nitrogens with one attached hydrogen (secondary N) is 1. The van der Waals surface area contributed by atoms with E-state index in [1.165, 1.54) is 24.1 Å². The van der Waals surface area contributed by atoms with Crippen LogP contribution in [0.15, 0.2) is 6.07 Å². The van der Waals surface area contributed by atoms with Gasteiger partial charge >= 0.3 is 5.97 Å². The average Bonchev–Trinajstić information content (AvgIpc) is 3.22. The van der Waals surface area contributed by atoms with Crippen molar-refractivity contribution in [2.45, 2.75) is 52.6 Å². The number of hydrogen-bond acceptors (Lipinski definition) is 4. The molecule has 3 heterocycles. The summed E-state index contributed by atoms with van der Waals surface area (Å²) in [6, 6.07) is 1.73. The Morgan fingerprint density at radius 1 is 1.27 bits per heavy atom. The second kappa shape index (κ2) is 6.63. The van der Waals surface area contributed by atoms with Crippen molar-refractivity contribution in [3.63, 3.8) is 0 Å². The summed E-state index contributed by atoms with van der Waals surface area (Å²) >= 11 is 0. The van der Waals surface area contributed by atoms with Gasteiger partial charge in [0, 0.05) is 12.2 Å². The van der Waals surface area contributed by atoms with E-state index in [0.29, 0.717) is 31.9 Å². The van der Waals surface area contributed by atoms with Crippen LogP contribution in [-0.2, 0) is 30.7 Å². The minimum Gasteiger partial charge on any atom is -0.461 e. The molecule has 1 N–H and O–H groups in total. The average molecular weight is 356 g/mol. The molecule has 7 nitrogen and oxygen atoms in total. The highest BCUT2D eigenvalue weighted by Crippen LogP contribution is 2.28. The SMILES string of the molecule is CCOC(=O)c1cc2n(n1)CCN(C(=O)c1[nH]c3c(c1C)CCCC3)C2. The van der Waals surface area contributed by atoms with E-state index in [9.17, 15) is 9.59 Å². The molecule has 138 valence electrons. The maximum atomic E-state index is 13.1. The zero-order chi connectivity index (χ0) is 18.3. The zero-order valence-corrected chi connectivity index (χ0v) is 15.3. The second-order valence-corrected chi connectivity index (χ2v) is 6.98. The van der Waals surface area contributed by atoms with Gasteiger partial charge in [0.05, 0.1) is 25.4 Å². The number of ether oxygens (including phenoxy) is 1. The van der Waals surface area contributed by atoms with Crippen LogP contribution in [0.4, 0.5) is 0 Å². The lowest BCUT2D eigenvalue weighted by molar-refractivity contribution is 0.0517. The Kier molecular flexibility index (Phi) is 4.30. The molecular formula is C19H24N4O3. The van der Waals surface area contributed by atoms with Gasteiger partial charge in [0.15, 0.2) is 5.69 Å². The summed E-state index contributed by atoms with van der Waals surface area (Å²) in [6.07, 6.45) is 4.46. The molecule has 0 saturated heterocycles. The Balaban J connectivity index is 1.54. The highest BCUT2D eigenvalue weighted by Gasteiger charge is 2.28. The lowest BCUT2D eigenvalue weighted by Crippen LogP contribution is -2.38. The van der Waals surface area contributed by atoms with Gasteiger partial charge in [0.1, 0.15) is 5.69 Å². The lowest BCUT2D eigenvalue weighted by Gasteiger charge is -2.27. The van der Waals surface area contributed by atoms with Gasteiger partial charge in [0.2, 0.25) is 0 Å². The first-order valence-corrected chi connectivity index (χ1v) is 9.32. The number of rotatable bonds is 3. The molecule has 0 bridgehead atoms. The number of aromatic nitrogens is 3. The molecule has 0 fully saturated rings. The van der Waals surface area contributed by atoms with Gasteiger partial charge in [0.25, 0.3) is 5.91 Å². The minimum atomic E-state index is -0.417. The zero-order valence-electron chi connectivity index (χ0n) is 15.3. The summed E-state index contributed by atoms with van der Waals surface area (Å²) in [5, 5.41) is 4.30. The van der Waals surface area contributed by atoms with Crippen LogP contribution in [0, 0.1) is 6.92 Å². The molecule has 26 heavy (non-hydrogen) atoms. The smallest absolute Gasteiger partial charge is 0.358 e. The van der Waals surface area contributed by atoms with E-state index in [2.05, 4.69) is 10.1 Å². The van der Waals surface area contributed by atoms with Gasteiger partial charge < -0.3 is 14.6 Å². The van der Waals surface area contributed by atoms with Gasteiger partial charge in [-0.05, 0) is 56.7 Å². The van der Waals surface area contributed by atoms with Crippen LogP contribution in [0.25, 0.3) is 0 Å². The van der Waals surface area contributed by atoms with E-state index >= 15 is 0 Å². The molecule has 2 aliphatic rings. The number of hydrogen-bond donors (Lipinski definition) is 1. The topological polar surface area (TPSA) is 80.2 Å². The minimum absolute atomic E-state index is 0.0297. The van der Waals surface area contributed by atoms with E-state index in [-0.39, 0.29) is 5.91 Å². The fourth-order valence-corrected chi connectivity index (χ4v) is 3.97. The molecule has 2 aromatic rings. The molecule has 1 aliphatic carbocycles. The number of esters is 1. The molecule has 0 unspecified atom stereocenters. The summed E-state index contributed by atoms with van der Waals surface area (Å²) in [5.41, 5.74) is 5.53. The Labute approximate surface area is 152 Å². The van der Waals surface area contributed by atoms with Crippen molar-refractivity contribution in [3.8, 4) is 0 Å². The predicted octanol–water partition coefficient (Wildman–Crippen LogP) is 2.23. The van der Waals surface area contributed by atoms with Gasteiger partial charge in [-0.1, -0.05) is 0 Å². The lowest BCUT2D eigenvalue weighted by atomic mass is 9.95. The van der Waals surface area contributed by atoms with Crippen molar-refractivity contribution >= 4 is 11.9 Å². The van der Waals surface area contributed by atoms with Crippen molar-refractivity contribution in [2.24, 2.45) is 0 Å². The molecule has 0 radical (unpaired) electrons. The first-order valence-electron chi connectivity index (χ1n) is 9.32. The fraction of sp³-hybridized carbons (Fsp3) is 0.526. The summed E-state index contributed by atoms with van der Waals surface area (Å²) < 4.78 is 6.81. The third-order valence-electron chi connectivity index (χ3n) is 5.35. The van der Waals surface area contributed by atoms with Gasteiger partial charge in [-0.15, -0.1) is 0 Å². The van der Waals surface area contributed by atoms with Gasteiger partial charge in [-0.2, -0.15) is 5.10 Å². The van der Waals surface area contributed by atoms with E-state index < -0.39 is 5.97 Å². The molecule has 1 amide bonds. The third kappa shape index (κ3) is 2.81. The van der Waals surface area contributed by atoms with Crippen molar-refractivity contribution in [1.82, 2.24) is 19.7 Å². The largest absolute Gasteiger partial charge is 0.461 e. The van der Waals surface area contributed by atoms with Crippen molar-refractivity contribution in [2.75, 3.05) is 13.2 Å². The standard InChI is InChI=1S/C19H24N4O3/c1-3-26-19(25)16-10-13-11-22(8-9-23(13)21-16)18(24)17-12(2)14-6-4-5-7-15(14)20-17/h10,20H,3-9,11H2,1-2H3. The maximum absolute atomic E-state index is 13.1. The molecule has 0 atom stereocenters. The summed E-state index contributed by atoms with van der Waals surface area (Å²) in [6.45, 7) is 5.75. The predicted molar refractivity (Wildman–Crippen MR) is 95.1 cm³/mol. The van der Waals surface area contributed by atoms with Crippen molar-refractivity contribution in [3.05, 3.63) is 40.0 Å². The van der Waals surface area contributed by atoms with Crippen LogP contribution in [0.5, 0.6) is 0 Å². The molecule has 0 saturated carbocycles. The molecular weight excluding hydrogens is 332 g/mol. The Hall–Kier alpha value is -2.57. The summed E-state index contributed by atoms with van der Waals surface area (Å²) in [5.74, 6) is -0.387. The van der Waals surface area contributed by atoms with Crippen LogP contribution in [0.2, 0.25) is 0 Å². The Morgan fingerprint density at radius 2 is 2.08 bits per heavy atom. The van der Waals surface area contributed by atoms with Crippen LogP contribution >= 0.6 is 0 Å². The normalized spacial score (nSPS) is 16.2. The monoisotopic (exact) mass is 356 g/mol. The van der Waals surface area contributed by atoms with Crippen molar-refractivity contribution < 1.29 is 14.3 Å². The molecule has 0 spiro atoms. The quantitative estimate of drug-likeness (QED) is 0.855. The van der Waals surface area contributed by atoms with Crippen LogP contribution < -0.4 is 0 Å². The molecule has 2 aromatic heterocycles. The van der Waals surface area contributed by atoms with Crippen molar-refractivity contribution in [1.29, 1.82) is 0 Å². The molecule has 0 aromatic carbocycles. The van der Waals surface area contributed by atoms with E-state index in [4.69, 9.17) is 4.74 Å². The first-order chi connectivity index (χ1) is 12.6. The number of carbonyl (C=O) groups is 2. The van der Waals surface area contributed by atoms with E-state index in [0.717, 1.165) is 29.8 Å². The first kappa shape index (κ1) is 16.9. The summed E-state index contributed by atoms with van der Waals surface area (Å²) in [4.78, 5) is 30.1. The number of nitrogens with zero attached hydrogens (tertiary/aromatic N) is 3. The number of aromatic amines is 1. The highest BCUT2D eigenvalue weighted by molar-refractivity contribution is 5.94. The third-order valence-corrected chi connectivity index (χ3v) is 5.35. The number of carbonyl (C=O) groups excluding carboxylic acids is 2. The van der Waals surface area contributed by atoms with E-state index in [1.807, 2.05) is 11.8 Å². The Morgan fingerprint density at radius 3 is 2.85 bits per heavy atom. The number of fused-ring (bicyclic) bond motifs is 2.